The smallest absolute Gasteiger partial charge is 0.338 e. The molecule has 3 heterocycles. The van der Waals surface area contributed by atoms with Crippen molar-refractivity contribution in [3.05, 3.63) is 103 Å². The maximum Gasteiger partial charge on any atom is 0.338 e. The molecule has 4 aromatic rings. The van der Waals surface area contributed by atoms with E-state index in [2.05, 4.69) is 10.3 Å². The summed E-state index contributed by atoms with van der Waals surface area (Å²) in [7, 11) is 0. The van der Waals surface area contributed by atoms with Crippen LogP contribution in [0.25, 0.3) is 0 Å². The molecule has 2 aliphatic carbocycles. The Kier molecular flexibility index (Phi) is 8.31. The van der Waals surface area contributed by atoms with Crippen molar-refractivity contribution in [3.8, 4) is 5.75 Å². The zero-order valence-corrected chi connectivity index (χ0v) is 28.8. The van der Waals surface area contributed by atoms with E-state index in [1.54, 1.807) is 61.2 Å². The molecule has 1 aromatic heterocycles. The van der Waals surface area contributed by atoms with Crippen molar-refractivity contribution in [1.29, 1.82) is 0 Å². The molecule has 256 valence electrons. The number of ether oxygens (including phenoxy) is 2. The number of hydrogen-bond donors (Lipinski definition) is 2. The number of hydrogen-bond acceptors (Lipinski definition) is 9. The number of carbonyl (C=O) groups is 4. The lowest BCUT2D eigenvalue weighted by Crippen LogP contribution is -2.42. The average Bonchev–Trinajstić information content (AvgIpc) is 3.84. The molecule has 50 heavy (non-hydrogen) atoms. The summed E-state index contributed by atoms with van der Waals surface area (Å²) in [6.07, 6.45) is 0.677. The number of imide groups is 1. The molecule has 8 rings (SSSR count). The molecule has 3 fully saturated rings. The van der Waals surface area contributed by atoms with E-state index in [9.17, 15) is 28.4 Å². The number of fused-ring (bicyclic) bond motifs is 9. The van der Waals surface area contributed by atoms with Crippen molar-refractivity contribution in [2.45, 2.75) is 29.5 Å². The molecule has 10 nitrogen and oxygen atoms in total. The molecule has 1 saturated heterocycles. The molecule has 2 bridgehead atoms. The van der Waals surface area contributed by atoms with Gasteiger partial charge in [-0.05, 0) is 97.8 Å². The van der Waals surface area contributed by atoms with Gasteiger partial charge in [-0.3, -0.25) is 24.1 Å². The molecule has 0 radical (unpaired) electrons. The lowest BCUT2D eigenvalue weighted by atomic mass is 9.68. The van der Waals surface area contributed by atoms with Gasteiger partial charge in [-0.2, -0.15) is 0 Å². The van der Waals surface area contributed by atoms with Crippen molar-refractivity contribution in [3.63, 3.8) is 0 Å². The number of nitrogens with one attached hydrogen (secondary N) is 2. The predicted molar refractivity (Wildman–Crippen MR) is 185 cm³/mol. The summed E-state index contributed by atoms with van der Waals surface area (Å²) >= 11 is 9.23. The molecule has 2 saturated carbocycles. The third-order valence-electron chi connectivity index (χ3n) is 10.2. The first-order valence-corrected chi connectivity index (χ1v) is 18.2. The topological polar surface area (TPSA) is 135 Å². The van der Waals surface area contributed by atoms with Crippen molar-refractivity contribution in [2.75, 3.05) is 23.4 Å². The van der Waals surface area contributed by atoms with E-state index >= 15 is 0 Å². The molecule has 4 aliphatic rings. The summed E-state index contributed by atoms with van der Waals surface area (Å²) in [6.45, 7) is 1.64. The van der Waals surface area contributed by atoms with E-state index in [4.69, 9.17) is 21.1 Å². The highest BCUT2D eigenvalue weighted by atomic mass is 35.5. The van der Waals surface area contributed by atoms with E-state index in [-0.39, 0.29) is 52.9 Å². The number of carbonyl (C=O) groups excluding carboxylic acids is 4. The third kappa shape index (κ3) is 5.42. The van der Waals surface area contributed by atoms with Crippen LogP contribution in [0.2, 0.25) is 5.02 Å². The normalized spacial score (nSPS) is 26.0. The number of amides is 3. The minimum Gasteiger partial charge on any atom is -0.483 e. The second-order valence-corrected chi connectivity index (χ2v) is 15.4. The number of H-pyrrole nitrogens is 1. The van der Waals surface area contributed by atoms with Crippen LogP contribution < -0.4 is 19.8 Å². The number of nitrogens with zero attached hydrogens (tertiary/aromatic N) is 1. The number of thiazole rings is 1. The lowest BCUT2D eigenvalue weighted by Gasteiger charge is -2.43. The van der Waals surface area contributed by atoms with Crippen molar-refractivity contribution in [1.82, 2.24) is 4.98 Å². The van der Waals surface area contributed by atoms with Gasteiger partial charge in [0.2, 0.25) is 11.8 Å². The van der Waals surface area contributed by atoms with Gasteiger partial charge < -0.3 is 19.8 Å². The summed E-state index contributed by atoms with van der Waals surface area (Å²) in [5, 5.41) is 3.85. The number of halogens is 2. The fourth-order valence-corrected chi connectivity index (χ4v) is 11.4. The van der Waals surface area contributed by atoms with Crippen LogP contribution in [-0.2, 0) is 19.1 Å². The third-order valence-corrected chi connectivity index (χ3v) is 13.0. The minimum absolute atomic E-state index is 0.0818. The van der Waals surface area contributed by atoms with Crippen LogP contribution in [0.1, 0.15) is 40.1 Å². The van der Waals surface area contributed by atoms with Crippen LogP contribution in [0.15, 0.2) is 76.6 Å². The lowest BCUT2D eigenvalue weighted by molar-refractivity contribution is -0.123. The Balaban J connectivity index is 1.08. The van der Waals surface area contributed by atoms with E-state index in [1.165, 1.54) is 29.2 Å². The van der Waals surface area contributed by atoms with Crippen LogP contribution in [0.5, 0.6) is 5.75 Å². The zero-order chi connectivity index (χ0) is 34.8. The second kappa shape index (κ2) is 12.7. The van der Waals surface area contributed by atoms with Gasteiger partial charge in [0.25, 0.3) is 5.91 Å². The van der Waals surface area contributed by atoms with Gasteiger partial charge >= 0.3 is 10.8 Å². The second-order valence-electron chi connectivity index (χ2n) is 12.8. The number of benzene rings is 3. The number of aromatic amines is 1. The maximum absolute atomic E-state index is 14.0. The Hall–Kier alpha value is -4.46. The van der Waals surface area contributed by atoms with Crippen LogP contribution in [0, 0.1) is 35.4 Å². The summed E-state index contributed by atoms with van der Waals surface area (Å²) in [4.78, 5) is 70.4. The molecule has 2 N–H and O–H groups in total. The van der Waals surface area contributed by atoms with Crippen LogP contribution in [0.3, 0.4) is 0 Å². The summed E-state index contributed by atoms with van der Waals surface area (Å²) in [5.74, 6) is -3.39. The van der Waals surface area contributed by atoms with Gasteiger partial charge in [-0.1, -0.05) is 22.9 Å². The first-order valence-electron chi connectivity index (χ1n) is 16.1. The molecule has 0 spiro atoms. The predicted octanol–water partition coefficient (Wildman–Crippen LogP) is 6.10. The maximum atomic E-state index is 14.0. The molecule has 2 aliphatic heterocycles. The fraction of sp³-hybridized carbons (Fsp3) is 0.306. The van der Waals surface area contributed by atoms with E-state index in [0.29, 0.717) is 39.7 Å². The molecule has 7 atom stereocenters. The monoisotopic (exact) mass is 733 g/mol. The van der Waals surface area contributed by atoms with Crippen molar-refractivity contribution >= 4 is 69.8 Å². The van der Waals surface area contributed by atoms with Gasteiger partial charge in [0.1, 0.15) is 11.6 Å². The molecule has 3 aromatic carbocycles. The highest BCUT2D eigenvalue weighted by Gasteiger charge is 2.70. The number of esters is 1. The highest BCUT2D eigenvalue weighted by Crippen LogP contribution is 2.69. The highest BCUT2D eigenvalue weighted by molar-refractivity contribution is 8.00. The SMILES string of the molecule is CCOC(=O)c1ccc(NC(=O)COc2ccc(Cl)cc2[C@H]2c3sc(=O)[nH]c3SC3C4CC(C5C(=O)N(c6ccc(F)cc6)C(=O)C45)C32)cc1. The van der Waals surface area contributed by atoms with Gasteiger partial charge in [0.05, 0.1) is 34.7 Å². The molecular formula is C36H29ClFN3O7S2. The Bertz CT molecular complexity index is 2100. The summed E-state index contributed by atoms with van der Waals surface area (Å²) in [6, 6.07) is 16.8. The quantitative estimate of drug-likeness (QED) is 0.164. The first-order chi connectivity index (χ1) is 24.1. The van der Waals surface area contributed by atoms with E-state index in [0.717, 1.165) is 21.2 Å². The standard InChI is InChI=1S/C36H29ClFN3O7S2/c1-2-47-35(45)16-3-8-19(9-4-16)39-25(42)15-48-24-12-5-17(37)13-21(24)26-27-22-14-23(30(27)49-32-31(26)50-36(46)40-32)29-28(22)33(43)41(34(29)44)20-10-6-18(38)7-11-20/h3-13,22-23,26-30H,2,14-15H2,1H3,(H,39,42)(H,40,46)/t22?,23?,26-,27?,28?,29?,30?/m1/s1. The zero-order valence-electron chi connectivity index (χ0n) is 26.4. The van der Waals surface area contributed by atoms with Crippen molar-refractivity contribution in [2.24, 2.45) is 29.6 Å². The Morgan fingerprint density at radius 2 is 1.72 bits per heavy atom. The van der Waals surface area contributed by atoms with Gasteiger partial charge in [-0.15, -0.1) is 11.8 Å². The number of thioether (sulfide) groups is 1. The largest absolute Gasteiger partial charge is 0.483 e. The van der Waals surface area contributed by atoms with Crippen LogP contribution in [-0.4, -0.2) is 47.1 Å². The van der Waals surface area contributed by atoms with Crippen molar-refractivity contribution < 1.29 is 33.0 Å². The Labute approximate surface area is 298 Å². The minimum atomic E-state index is -0.552. The summed E-state index contributed by atoms with van der Waals surface area (Å²) < 4.78 is 24.9. The Morgan fingerprint density at radius 3 is 2.44 bits per heavy atom. The summed E-state index contributed by atoms with van der Waals surface area (Å²) in [5.41, 5.74) is 1.87. The number of anilines is 2. The number of rotatable bonds is 8. The molecular weight excluding hydrogens is 705 g/mol. The Morgan fingerprint density at radius 1 is 1.00 bits per heavy atom. The molecule has 6 unspecified atom stereocenters. The van der Waals surface area contributed by atoms with E-state index < -0.39 is 35.4 Å². The first kappa shape index (κ1) is 32.7. The van der Waals surface area contributed by atoms with Crippen LogP contribution >= 0.6 is 34.7 Å². The van der Waals surface area contributed by atoms with Gasteiger partial charge in [-0.25, -0.2) is 9.18 Å². The van der Waals surface area contributed by atoms with Gasteiger partial charge in [0.15, 0.2) is 6.61 Å². The fourth-order valence-electron chi connectivity index (χ4n) is 8.35. The molecule has 14 heteroatoms. The number of aromatic nitrogens is 1. The average molecular weight is 734 g/mol. The molecule has 3 amide bonds. The van der Waals surface area contributed by atoms with Crippen LogP contribution in [0.4, 0.5) is 15.8 Å². The van der Waals surface area contributed by atoms with E-state index in [1.807, 2.05) is 0 Å². The van der Waals surface area contributed by atoms with Gasteiger partial charge in [0, 0.05) is 32.3 Å².